The summed E-state index contributed by atoms with van der Waals surface area (Å²) in [7, 11) is 2.02. The Hall–Kier alpha value is -1.22. The summed E-state index contributed by atoms with van der Waals surface area (Å²) < 4.78 is 13.0. The van der Waals surface area contributed by atoms with E-state index in [1.807, 2.05) is 7.05 Å². The fourth-order valence-electron chi connectivity index (χ4n) is 1.69. The lowest BCUT2D eigenvalue weighted by molar-refractivity contribution is 0.0968. The van der Waals surface area contributed by atoms with Crippen molar-refractivity contribution in [3.05, 3.63) is 35.6 Å². The number of rotatable bonds is 7. The van der Waals surface area contributed by atoms with Gasteiger partial charge >= 0.3 is 0 Å². The van der Waals surface area contributed by atoms with Gasteiger partial charge in [0.05, 0.1) is 0 Å². The number of hydrogen-bond acceptors (Lipinski definition) is 2. The SMILES string of the molecule is CC(C)CCN(C)CCC(=O)c1cccc(F)c1. The molecule has 0 amide bonds. The first-order valence-electron chi connectivity index (χ1n) is 6.46. The van der Waals surface area contributed by atoms with Crippen molar-refractivity contribution in [2.45, 2.75) is 26.7 Å². The van der Waals surface area contributed by atoms with Gasteiger partial charge in [0.25, 0.3) is 0 Å². The van der Waals surface area contributed by atoms with E-state index in [1.54, 1.807) is 12.1 Å². The molecular weight excluding hydrogens is 229 g/mol. The van der Waals surface area contributed by atoms with Crippen LogP contribution in [0.4, 0.5) is 4.39 Å². The lowest BCUT2D eigenvalue weighted by Crippen LogP contribution is -2.24. The molecule has 0 saturated carbocycles. The van der Waals surface area contributed by atoms with Crippen molar-refractivity contribution in [3.63, 3.8) is 0 Å². The highest BCUT2D eigenvalue weighted by Gasteiger charge is 2.08. The van der Waals surface area contributed by atoms with Gasteiger partial charge in [0.1, 0.15) is 5.82 Å². The minimum Gasteiger partial charge on any atom is -0.306 e. The molecule has 1 aromatic rings. The van der Waals surface area contributed by atoms with E-state index in [-0.39, 0.29) is 11.6 Å². The Morgan fingerprint density at radius 1 is 1.33 bits per heavy atom. The molecule has 0 aliphatic carbocycles. The molecule has 0 aliphatic rings. The first-order chi connectivity index (χ1) is 8.49. The van der Waals surface area contributed by atoms with Crippen LogP contribution in [0.15, 0.2) is 24.3 Å². The number of nitrogens with zero attached hydrogens (tertiary/aromatic N) is 1. The van der Waals surface area contributed by atoms with Crippen LogP contribution in [0.5, 0.6) is 0 Å². The molecule has 18 heavy (non-hydrogen) atoms. The molecule has 100 valence electrons. The second-order valence-corrected chi connectivity index (χ2v) is 5.17. The van der Waals surface area contributed by atoms with Crippen LogP contribution >= 0.6 is 0 Å². The zero-order valence-corrected chi connectivity index (χ0v) is 11.4. The van der Waals surface area contributed by atoms with Crippen LogP contribution in [0.3, 0.4) is 0 Å². The highest BCUT2D eigenvalue weighted by Crippen LogP contribution is 2.07. The monoisotopic (exact) mass is 251 g/mol. The third-order valence-electron chi connectivity index (χ3n) is 2.96. The standard InChI is InChI=1S/C15H22FNO/c1-12(2)7-9-17(3)10-8-15(18)13-5-4-6-14(16)11-13/h4-6,11-12H,7-10H2,1-3H3. The first-order valence-corrected chi connectivity index (χ1v) is 6.46. The van der Waals surface area contributed by atoms with Gasteiger partial charge in [0.15, 0.2) is 5.78 Å². The van der Waals surface area contributed by atoms with Crippen LogP contribution in [0.1, 0.15) is 37.0 Å². The Morgan fingerprint density at radius 2 is 2.06 bits per heavy atom. The molecule has 0 aliphatic heterocycles. The molecule has 0 unspecified atom stereocenters. The van der Waals surface area contributed by atoms with Crippen molar-refractivity contribution < 1.29 is 9.18 Å². The Morgan fingerprint density at radius 3 is 2.67 bits per heavy atom. The zero-order valence-electron chi connectivity index (χ0n) is 11.4. The topological polar surface area (TPSA) is 20.3 Å². The number of carbonyl (C=O) groups excluding carboxylic acids is 1. The number of carbonyl (C=O) groups is 1. The number of ketones is 1. The molecule has 0 fully saturated rings. The summed E-state index contributed by atoms with van der Waals surface area (Å²) in [6, 6.07) is 5.90. The first kappa shape index (κ1) is 14.8. The van der Waals surface area contributed by atoms with E-state index >= 15 is 0 Å². The smallest absolute Gasteiger partial charge is 0.164 e. The van der Waals surface area contributed by atoms with Gasteiger partial charge in [0.2, 0.25) is 0 Å². The number of halogens is 1. The summed E-state index contributed by atoms with van der Waals surface area (Å²) >= 11 is 0. The molecule has 0 saturated heterocycles. The summed E-state index contributed by atoms with van der Waals surface area (Å²) in [5.74, 6) is 0.325. The van der Waals surface area contributed by atoms with Crippen LogP contribution in [-0.4, -0.2) is 30.8 Å². The van der Waals surface area contributed by atoms with Crippen molar-refractivity contribution in [2.24, 2.45) is 5.92 Å². The van der Waals surface area contributed by atoms with E-state index in [4.69, 9.17) is 0 Å². The van der Waals surface area contributed by atoms with E-state index in [9.17, 15) is 9.18 Å². The van der Waals surface area contributed by atoms with E-state index in [1.165, 1.54) is 12.1 Å². The van der Waals surface area contributed by atoms with E-state index in [2.05, 4.69) is 18.7 Å². The van der Waals surface area contributed by atoms with Crippen LogP contribution in [0.2, 0.25) is 0 Å². The van der Waals surface area contributed by atoms with Crippen molar-refractivity contribution in [1.29, 1.82) is 0 Å². The Labute approximate surface area is 109 Å². The molecule has 2 nitrogen and oxygen atoms in total. The van der Waals surface area contributed by atoms with Crippen LogP contribution in [-0.2, 0) is 0 Å². The Bertz CT molecular complexity index is 390. The number of Topliss-reactive ketones (excluding diaryl/α,β-unsaturated/α-hetero) is 1. The van der Waals surface area contributed by atoms with Gasteiger partial charge in [-0.3, -0.25) is 4.79 Å². The summed E-state index contributed by atoms with van der Waals surface area (Å²) in [4.78, 5) is 14.0. The van der Waals surface area contributed by atoms with Gasteiger partial charge in [-0.05, 0) is 38.1 Å². The van der Waals surface area contributed by atoms with Crippen LogP contribution < -0.4 is 0 Å². The predicted octanol–water partition coefficient (Wildman–Crippen LogP) is 3.38. The maximum absolute atomic E-state index is 13.0. The molecule has 0 bridgehead atoms. The molecule has 0 spiro atoms. The maximum atomic E-state index is 13.0. The van der Waals surface area contributed by atoms with E-state index in [0.29, 0.717) is 17.9 Å². The molecule has 3 heteroatoms. The average Bonchev–Trinajstić information content (AvgIpc) is 2.33. The molecular formula is C15H22FNO. The second kappa shape index (κ2) is 7.27. The summed E-state index contributed by atoms with van der Waals surface area (Å²) in [5, 5.41) is 0. The molecule has 0 aromatic heterocycles. The Kier molecular flexibility index (Phi) is 5.99. The van der Waals surface area contributed by atoms with Gasteiger partial charge in [-0.2, -0.15) is 0 Å². The van der Waals surface area contributed by atoms with Crippen molar-refractivity contribution in [2.75, 3.05) is 20.1 Å². The largest absolute Gasteiger partial charge is 0.306 e. The minimum absolute atomic E-state index is 0.00546. The highest BCUT2D eigenvalue weighted by atomic mass is 19.1. The number of benzene rings is 1. The fourth-order valence-corrected chi connectivity index (χ4v) is 1.69. The molecule has 1 aromatic carbocycles. The van der Waals surface area contributed by atoms with E-state index in [0.717, 1.165) is 19.5 Å². The van der Waals surface area contributed by atoms with Crippen molar-refractivity contribution in [1.82, 2.24) is 4.90 Å². The molecule has 0 radical (unpaired) electrons. The van der Waals surface area contributed by atoms with Crippen LogP contribution in [0.25, 0.3) is 0 Å². The maximum Gasteiger partial charge on any atom is 0.164 e. The quantitative estimate of drug-likeness (QED) is 0.692. The van der Waals surface area contributed by atoms with Gasteiger partial charge in [-0.15, -0.1) is 0 Å². The van der Waals surface area contributed by atoms with E-state index < -0.39 is 0 Å². The third kappa shape index (κ3) is 5.41. The lowest BCUT2D eigenvalue weighted by atomic mass is 10.1. The third-order valence-corrected chi connectivity index (χ3v) is 2.96. The molecule has 0 atom stereocenters. The van der Waals surface area contributed by atoms with Gasteiger partial charge in [-0.25, -0.2) is 4.39 Å². The predicted molar refractivity (Wildman–Crippen MR) is 72.3 cm³/mol. The zero-order chi connectivity index (χ0) is 13.5. The van der Waals surface area contributed by atoms with Crippen LogP contribution in [0, 0.1) is 11.7 Å². The second-order valence-electron chi connectivity index (χ2n) is 5.17. The normalized spacial score (nSPS) is 11.2. The molecule has 0 heterocycles. The lowest BCUT2D eigenvalue weighted by Gasteiger charge is -2.17. The fraction of sp³-hybridized carbons (Fsp3) is 0.533. The van der Waals surface area contributed by atoms with Gasteiger partial charge in [0, 0.05) is 18.5 Å². The minimum atomic E-state index is -0.353. The van der Waals surface area contributed by atoms with Gasteiger partial charge in [-0.1, -0.05) is 26.0 Å². The van der Waals surface area contributed by atoms with Crippen molar-refractivity contribution >= 4 is 5.78 Å². The Balaban J connectivity index is 2.37. The average molecular weight is 251 g/mol. The number of hydrogen-bond donors (Lipinski definition) is 0. The van der Waals surface area contributed by atoms with Crippen molar-refractivity contribution in [3.8, 4) is 0 Å². The highest BCUT2D eigenvalue weighted by molar-refractivity contribution is 5.96. The molecule has 1 rings (SSSR count). The summed E-state index contributed by atoms with van der Waals surface area (Å²) in [6.45, 7) is 6.09. The summed E-state index contributed by atoms with van der Waals surface area (Å²) in [5.41, 5.74) is 0.465. The molecule has 0 N–H and O–H groups in total. The van der Waals surface area contributed by atoms with Gasteiger partial charge < -0.3 is 4.90 Å². The summed E-state index contributed by atoms with van der Waals surface area (Å²) in [6.07, 6.45) is 1.57.